The summed E-state index contributed by atoms with van der Waals surface area (Å²) in [4.78, 5) is 25.1. The molecule has 24 heavy (non-hydrogen) atoms. The topological polar surface area (TPSA) is 90.2 Å². The predicted molar refractivity (Wildman–Crippen MR) is 94.2 cm³/mol. The fraction of sp³-hybridized carbons (Fsp3) is 0.500. The highest BCUT2D eigenvalue weighted by molar-refractivity contribution is 7.90. The van der Waals surface area contributed by atoms with Gasteiger partial charge < -0.3 is 5.32 Å². The summed E-state index contributed by atoms with van der Waals surface area (Å²) < 4.78 is 25.2. The zero-order chi connectivity index (χ0) is 18.1. The summed E-state index contributed by atoms with van der Waals surface area (Å²) in [6.07, 6.45) is 1.12. The van der Waals surface area contributed by atoms with Gasteiger partial charge in [-0.2, -0.15) is 0 Å². The van der Waals surface area contributed by atoms with Gasteiger partial charge in [-0.15, -0.1) is 0 Å². The Kier molecular flexibility index (Phi) is 4.89. The number of carbonyl (C=O) groups excluding carboxylic acids is 1. The van der Waals surface area contributed by atoms with E-state index in [1.807, 2.05) is 20.8 Å². The number of aryl methyl sites for hydroxylation is 1. The number of hydrogen-bond acceptors (Lipinski definition) is 4. The first-order valence-electron chi connectivity index (χ1n) is 7.66. The first kappa shape index (κ1) is 18.3. The van der Waals surface area contributed by atoms with Gasteiger partial charge in [0.1, 0.15) is 9.84 Å². The quantitative estimate of drug-likeness (QED) is 0.901. The molecule has 2 rings (SSSR count). The zero-order valence-corrected chi connectivity index (χ0v) is 15.2. The van der Waals surface area contributed by atoms with Gasteiger partial charge in [-0.25, -0.2) is 22.6 Å². The Morgan fingerprint density at radius 1 is 1.17 bits per heavy atom. The van der Waals surface area contributed by atoms with Gasteiger partial charge in [-0.05, 0) is 17.5 Å². The molecule has 1 N–H and O–H groups in total. The Morgan fingerprint density at radius 3 is 2.29 bits per heavy atom. The minimum Gasteiger partial charge on any atom is -0.337 e. The van der Waals surface area contributed by atoms with Crippen LogP contribution in [0, 0.1) is 5.41 Å². The Hall–Kier alpha value is -2.09. The predicted octanol–water partition coefficient (Wildman–Crippen LogP) is 1.45. The van der Waals surface area contributed by atoms with Gasteiger partial charge in [-0.1, -0.05) is 32.9 Å². The second-order valence-electron chi connectivity index (χ2n) is 7.11. The Balaban J connectivity index is 2.45. The van der Waals surface area contributed by atoms with Crippen LogP contribution in [0.2, 0.25) is 0 Å². The molecule has 0 aliphatic heterocycles. The highest BCUT2D eigenvalue weighted by Crippen LogP contribution is 2.14. The molecule has 0 aliphatic carbocycles. The number of hydrogen-bond donors (Lipinski definition) is 1. The van der Waals surface area contributed by atoms with E-state index in [-0.39, 0.29) is 17.7 Å². The molecule has 1 amide bonds. The minimum atomic E-state index is -3.22. The van der Waals surface area contributed by atoms with E-state index in [0.717, 1.165) is 10.8 Å². The maximum Gasteiger partial charge on any atom is 0.337 e. The van der Waals surface area contributed by atoms with Crippen molar-refractivity contribution in [2.45, 2.75) is 27.3 Å². The molecule has 0 fully saturated rings. The average Bonchev–Trinajstić information content (AvgIpc) is 2.73. The number of nitrogens with zero attached hydrogens (tertiary/aromatic N) is 2. The molecule has 0 saturated heterocycles. The van der Waals surface area contributed by atoms with Gasteiger partial charge in [0.25, 0.3) is 0 Å². The van der Waals surface area contributed by atoms with E-state index >= 15 is 0 Å². The lowest BCUT2D eigenvalue weighted by molar-refractivity contribution is 0.237. The van der Waals surface area contributed by atoms with Crippen LogP contribution in [-0.2, 0) is 16.4 Å². The number of aromatic nitrogens is 2. The summed E-state index contributed by atoms with van der Waals surface area (Å²) in [5, 5.41) is 2.75. The van der Waals surface area contributed by atoms with Crippen molar-refractivity contribution in [2.24, 2.45) is 5.41 Å². The number of imidazole rings is 1. The Morgan fingerprint density at radius 2 is 1.75 bits per heavy atom. The van der Waals surface area contributed by atoms with Crippen molar-refractivity contribution in [3.63, 3.8) is 0 Å². The van der Waals surface area contributed by atoms with Crippen molar-refractivity contribution in [3.05, 3.63) is 34.7 Å². The number of fused-ring (bicyclic) bond motifs is 1. The van der Waals surface area contributed by atoms with Crippen LogP contribution >= 0.6 is 0 Å². The summed E-state index contributed by atoms with van der Waals surface area (Å²) in [7, 11) is -3.22. The maximum absolute atomic E-state index is 12.6. The van der Waals surface area contributed by atoms with Crippen LogP contribution in [0.25, 0.3) is 11.0 Å². The van der Waals surface area contributed by atoms with Gasteiger partial charge >= 0.3 is 11.7 Å². The van der Waals surface area contributed by atoms with Gasteiger partial charge in [0.15, 0.2) is 0 Å². The summed E-state index contributed by atoms with van der Waals surface area (Å²) in [5.74, 6) is -0.162. The van der Waals surface area contributed by atoms with Crippen LogP contribution in [0.4, 0.5) is 4.79 Å². The van der Waals surface area contributed by atoms with E-state index in [2.05, 4.69) is 5.32 Å². The third-order valence-corrected chi connectivity index (χ3v) is 4.42. The molecule has 0 atom stereocenters. The number of para-hydroxylation sites is 2. The molecule has 0 unspecified atom stereocenters. The van der Waals surface area contributed by atoms with Crippen LogP contribution in [0.1, 0.15) is 20.8 Å². The smallest absolute Gasteiger partial charge is 0.337 e. The van der Waals surface area contributed by atoms with Crippen molar-refractivity contribution in [1.29, 1.82) is 0 Å². The second-order valence-corrected chi connectivity index (χ2v) is 9.37. The number of amides is 1. The minimum absolute atomic E-state index is 0.0116. The molecule has 0 saturated carbocycles. The van der Waals surface area contributed by atoms with Crippen LogP contribution in [-0.4, -0.2) is 42.1 Å². The number of sulfone groups is 1. The fourth-order valence-corrected chi connectivity index (χ4v) is 2.81. The van der Waals surface area contributed by atoms with E-state index in [0.29, 0.717) is 17.6 Å². The van der Waals surface area contributed by atoms with E-state index in [4.69, 9.17) is 0 Å². The van der Waals surface area contributed by atoms with Gasteiger partial charge in [0.2, 0.25) is 0 Å². The zero-order valence-electron chi connectivity index (χ0n) is 14.4. The molecule has 132 valence electrons. The van der Waals surface area contributed by atoms with E-state index in [1.54, 1.807) is 24.3 Å². The maximum atomic E-state index is 12.6. The molecule has 8 heteroatoms. The van der Waals surface area contributed by atoms with Gasteiger partial charge in [-0.3, -0.25) is 4.57 Å². The molecule has 0 bridgehead atoms. The summed E-state index contributed by atoms with van der Waals surface area (Å²) in [5.41, 5.74) is 0.347. The van der Waals surface area contributed by atoms with E-state index in [1.165, 1.54) is 4.57 Å². The molecular formula is C16H23N3O4S. The number of nitrogens with one attached hydrogen (secondary N) is 1. The lowest BCUT2D eigenvalue weighted by atomic mass is 9.97. The Bertz CT molecular complexity index is 917. The molecule has 1 heterocycles. The van der Waals surface area contributed by atoms with E-state index < -0.39 is 21.6 Å². The standard InChI is InChI=1S/C16H23N3O4S/c1-16(2,3)11-17-14(20)19-13-8-6-5-7-12(13)18(15(19)21)9-10-24(4,22)23/h5-8H,9-11H2,1-4H3,(H,17,20). The SMILES string of the molecule is CC(C)(C)CNC(=O)n1c(=O)n(CCS(C)(=O)=O)c2ccccc21. The number of benzene rings is 1. The number of carbonyl (C=O) groups is 1. The largest absolute Gasteiger partial charge is 0.337 e. The molecule has 1 aromatic carbocycles. The van der Waals surface area contributed by atoms with Gasteiger partial charge in [0, 0.05) is 19.3 Å². The molecule has 0 spiro atoms. The fourth-order valence-electron chi connectivity index (χ4n) is 2.30. The van der Waals surface area contributed by atoms with Crippen molar-refractivity contribution in [3.8, 4) is 0 Å². The third-order valence-electron chi connectivity index (χ3n) is 3.49. The van der Waals surface area contributed by atoms with Crippen molar-refractivity contribution >= 4 is 26.9 Å². The van der Waals surface area contributed by atoms with Crippen molar-refractivity contribution < 1.29 is 13.2 Å². The van der Waals surface area contributed by atoms with Crippen LogP contribution in [0.15, 0.2) is 29.1 Å². The summed E-state index contributed by atoms with van der Waals surface area (Å²) in [6.45, 7) is 6.36. The van der Waals surface area contributed by atoms with Gasteiger partial charge in [0.05, 0.1) is 16.8 Å². The number of rotatable bonds is 4. The monoisotopic (exact) mass is 353 g/mol. The Labute approximate surface area is 141 Å². The summed E-state index contributed by atoms with van der Waals surface area (Å²) in [6, 6.07) is 6.34. The molecule has 2 aromatic rings. The van der Waals surface area contributed by atoms with Crippen LogP contribution in [0.3, 0.4) is 0 Å². The highest BCUT2D eigenvalue weighted by atomic mass is 32.2. The van der Waals surface area contributed by atoms with Crippen LogP contribution < -0.4 is 11.0 Å². The average molecular weight is 353 g/mol. The first-order chi connectivity index (χ1) is 11.0. The normalized spacial score (nSPS) is 12.5. The van der Waals surface area contributed by atoms with Crippen molar-refractivity contribution in [2.75, 3.05) is 18.6 Å². The third kappa shape index (κ3) is 4.25. The van der Waals surface area contributed by atoms with Crippen molar-refractivity contribution in [1.82, 2.24) is 14.5 Å². The molecule has 0 aliphatic rings. The van der Waals surface area contributed by atoms with E-state index in [9.17, 15) is 18.0 Å². The van der Waals surface area contributed by atoms with Crippen LogP contribution in [0.5, 0.6) is 0 Å². The second kappa shape index (κ2) is 6.43. The molecular weight excluding hydrogens is 330 g/mol. The first-order valence-corrected chi connectivity index (χ1v) is 9.72. The molecule has 1 aromatic heterocycles. The molecule has 7 nitrogen and oxygen atoms in total. The molecule has 0 radical (unpaired) electrons. The lowest BCUT2D eigenvalue weighted by Crippen LogP contribution is -2.40. The lowest BCUT2D eigenvalue weighted by Gasteiger charge is -2.18. The summed E-state index contributed by atoms with van der Waals surface area (Å²) >= 11 is 0. The highest BCUT2D eigenvalue weighted by Gasteiger charge is 2.20.